The van der Waals surface area contributed by atoms with Crippen molar-refractivity contribution in [2.75, 3.05) is 39.3 Å². The van der Waals surface area contributed by atoms with Crippen LogP contribution in [0.25, 0.3) is 0 Å². The van der Waals surface area contributed by atoms with E-state index >= 15 is 0 Å². The number of piperidine rings is 1. The first-order valence-corrected chi connectivity index (χ1v) is 8.19. The van der Waals surface area contributed by atoms with E-state index in [0.717, 1.165) is 31.7 Å². The van der Waals surface area contributed by atoms with E-state index in [1.54, 1.807) is 0 Å². The highest BCUT2D eigenvalue weighted by Crippen LogP contribution is 2.27. The molecule has 24 heavy (non-hydrogen) atoms. The first kappa shape index (κ1) is 23.8. The first-order chi connectivity index (χ1) is 10.4. The predicted molar refractivity (Wildman–Crippen MR) is 92.9 cm³/mol. The number of likely N-dealkylation sites (tertiary alicyclic amines) is 1. The van der Waals surface area contributed by atoms with Crippen LogP contribution in [0.1, 0.15) is 32.1 Å². The smallest absolute Gasteiger partial charge is 0.355 e. The van der Waals surface area contributed by atoms with Gasteiger partial charge in [-0.2, -0.15) is 13.2 Å². The molecule has 2 rings (SSSR count). The number of alkyl halides is 3. The van der Waals surface area contributed by atoms with Crippen molar-refractivity contribution in [3.8, 4) is 0 Å². The summed E-state index contributed by atoms with van der Waals surface area (Å²) in [6.45, 7) is 2.10. The van der Waals surface area contributed by atoms with Crippen LogP contribution in [0.2, 0.25) is 0 Å². The van der Waals surface area contributed by atoms with Gasteiger partial charge in [0.05, 0.1) is 13.1 Å². The van der Waals surface area contributed by atoms with Gasteiger partial charge in [-0.3, -0.25) is 9.69 Å². The summed E-state index contributed by atoms with van der Waals surface area (Å²) in [7, 11) is 0. The van der Waals surface area contributed by atoms with Gasteiger partial charge in [0.2, 0.25) is 5.91 Å². The second-order valence-corrected chi connectivity index (χ2v) is 6.55. The number of amides is 1. The molecule has 2 N–H and O–H groups in total. The molecule has 0 bridgehead atoms. The molecule has 1 aliphatic heterocycles. The van der Waals surface area contributed by atoms with Crippen LogP contribution >= 0.6 is 24.8 Å². The lowest BCUT2D eigenvalue weighted by Gasteiger charge is -2.32. The Morgan fingerprint density at radius 1 is 1.04 bits per heavy atom. The molecule has 0 radical (unpaired) electrons. The highest BCUT2D eigenvalue weighted by molar-refractivity contribution is 5.85. The Hall–Kier alpha value is -0.240. The molecule has 1 aliphatic carbocycles. The maximum Gasteiger partial charge on any atom is 0.401 e. The molecule has 9 heteroatoms. The van der Waals surface area contributed by atoms with Gasteiger partial charge in [-0.1, -0.05) is 0 Å². The zero-order chi connectivity index (χ0) is 16.0. The Labute approximate surface area is 154 Å². The maximum atomic E-state index is 12.3. The highest BCUT2D eigenvalue weighted by Gasteiger charge is 2.32. The Bertz CT molecular complexity index is 360. The summed E-state index contributed by atoms with van der Waals surface area (Å²) in [6, 6.07) is 0. The van der Waals surface area contributed by atoms with Crippen molar-refractivity contribution in [2.45, 2.75) is 38.3 Å². The fraction of sp³-hybridized carbons (Fsp3) is 0.933. The molecule has 0 atom stereocenters. The normalized spacial score (nSPS) is 19.3. The second-order valence-electron chi connectivity index (χ2n) is 6.55. The van der Waals surface area contributed by atoms with Gasteiger partial charge in [0.1, 0.15) is 0 Å². The predicted octanol–water partition coefficient (Wildman–Crippen LogP) is 2.61. The lowest BCUT2D eigenvalue weighted by molar-refractivity contribution is -0.148. The highest BCUT2D eigenvalue weighted by atomic mass is 35.5. The molecule has 2 aliphatic rings. The molecule has 1 saturated carbocycles. The zero-order valence-corrected chi connectivity index (χ0v) is 15.4. The largest absolute Gasteiger partial charge is 0.401 e. The van der Waals surface area contributed by atoms with Gasteiger partial charge in [0.15, 0.2) is 0 Å². The Morgan fingerprint density at radius 2 is 1.67 bits per heavy atom. The van der Waals surface area contributed by atoms with Gasteiger partial charge in [-0.05, 0) is 63.6 Å². The number of carbonyl (C=O) groups excluding carboxylic acids is 1. The molecule has 1 saturated heterocycles. The first-order valence-electron chi connectivity index (χ1n) is 8.19. The molecule has 1 heterocycles. The molecule has 1 amide bonds. The summed E-state index contributed by atoms with van der Waals surface area (Å²) in [5.41, 5.74) is 0. The van der Waals surface area contributed by atoms with E-state index in [-0.39, 0.29) is 30.7 Å². The summed E-state index contributed by atoms with van der Waals surface area (Å²) < 4.78 is 36.9. The monoisotopic (exact) mass is 393 g/mol. The quantitative estimate of drug-likeness (QED) is 0.665. The maximum absolute atomic E-state index is 12.3. The number of nitrogens with one attached hydrogen (secondary N) is 2. The summed E-state index contributed by atoms with van der Waals surface area (Å²) in [6.07, 6.45) is 0.851. The van der Waals surface area contributed by atoms with Crippen LogP contribution in [0, 0.1) is 11.8 Å². The average Bonchev–Trinajstić information content (AvgIpc) is 3.23. The van der Waals surface area contributed by atoms with Crippen LogP contribution in [0.3, 0.4) is 0 Å². The molecule has 0 unspecified atom stereocenters. The molecule has 0 aromatic heterocycles. The lowest BCUT2D eigenvalue weighted by Crippen LogP contribution is -2.41. The van der Waals surface area contributed by atoms with Gasteiger partial charge in [-0.25, -0.2) is 0 Å². The summed E-state index contributed by atoms with van der Waals surface area (Å²) in [4.78, 5) is 13.1. The minimum absolute atomic E-state index is 0. The molecule has 0 spiro atoms. The number of hydrogen-bond donors (Lipinski definition) is 2. The summed E-state index contributed by atoms with van der Waals surface area (Å²) >= 11 is 0. The molecule has 2 fully saturated rings. The summed E-state index contributed by atoms with van der Waals surface area (Å²) in [5, 5.41) is 6.02. The molecule has 144 valence electrons. The minimum Gasteiger partial charge on any atom is -0.355 e. The van der Waals surface area contributed by atoms with E-state index in [9.17, 15) is 18.0 Å². The van der Waals surface area contributed by atoms with Crippen molar-refractivity contribution < 1.29 is 18.0 Å². The van der Waals surface area contributed by atoms with E-state index in [1.165, 1.54) is 17.7 Å². The van der Waals surface area contributed by atoms with Crippen LogP contribution in [0.5, 0.6) is 0 Å². The molecule has 4 nitrogen and oxygen atoms in total. The Balaban J connectivity index is 0.00000264. The lowest BCUT2D eigenvalue weighted by atomic mass is 9.93. The van der Waals surface area contributed by atoms with Crippen molar-refractivity contribution in [1.82, 2.24) is 15.5 Å². The van der Waals surface area contributed by atoms with E-state index in [1.807, 2.05) is 0 Å². The van der Waals surface area contributed by atoms with E-state index in [0.29, 0.717) is 32.1 Å². The van der Waals surface area contributed by atoms with Gasteiger partial charge >= 0.3 is 6.18 Å². The van der Waals surface area contributed by atoms with E-state index < -0.39 is 12.7 Å². The van der Waals surface area contributed by atoms with Crippen LogP contribution in [-0.2, 0) is 4.79 Å². The number of nitrogens with zero attached hydrogens (tertiary/aromatic N) is 1. The van der Waals surface area contributed by atoms with Crippen molar-refractivity contribution >= 4 is 30.7 Å². The topological polar surface area (TPSA) is 44.4 Å². The zero-order valence-electron chi connectivity index (χ0n) is 13.7. The molecular weight excluding hydrogens is 366 g/mol. The molecular formula is C15H28Cl2F3N3O. The second kappa shape index (κ2) is 11.4. The van der Waals surface area contributed by atoms with Crippen molar-refractivity contribution in [1.29, 1.82) is 0 Å². The fourth-order valence-electron chi connectivity index (χ4n) is 2.88. The third-order valence-corrected chi connectivity index (χ3v) is 4.40. The van der Waals surface area contributed by atoms with Crippen LogP contribution in [-0.4, -0.2) is 56.3 Å². The van der Waals surface area contributed by atoms with Gasteiger partial charge in [0, 0.05) is 6.54 Å². The Morgan fingerprint density at radius 3 is 2.21 bits per heavy atom. The van der Waals surface area contributed by atoms with Gasteiger partial charge in [0.25, 0.3) is 0 Å². The minimum atomic E-state index is -4.10. The summed E-state index contributed by atoms with van der Waals surface area (Å²) in [5.74, 6) is 1.19. The number of rotatable bonds is 8. The SMILES string of the molecule is Cl.Cl.O=C(CNCC1CC1)NCCC1CCN(CC(F)(F)F)CC1. The third kappa shape index (κ3) is 10.6. The molecule has 0 aromatic rings. The van der Waals surface area contributed by atoms with Crippen LogP contribution in [0.4, 0.5) is 13.2 Å². The average molecular weight is 394 g/mol. The standard InChI is InChI=1S/C15H26F3N3O.2ClH/c16-15(17,18)11-21-7-4-12(5-8-21)3-6-20-14(22)10-19-9-13-1-2-13;;/h12-13,19H,1-11H2,(H,20,22);2*1H. The van der Waals surface area contributed by atoms with Crippen molar-refractivity contribution in [3.05, 3.63) is 0 Å². The van der Waals surface area contributed by atoms with Crippen LogP contribution < -0.4 is 10.6 Å². The van der Waals surface area contributed by atoms with E-state index in [4.69, 9.17) is 0 Å². The van der Waals surface area contributed by atoms with Gasteiger partial charge in [-0.15, -0.1) is 24.8 Å². The number of halogens is 5. The Kier molecular flexibility index (Phi) is 11.3. The fourth-order valence-corrected chi connectivity index (χ4v) is 2.88. The van der Waals surface area contributed by atoms with Crippen molar-refractivity contribution in [2.24, 2.45) is 11.8 Å². The molecule has 0 aromatic carbocycles. The number of carbonyl (C=O) groups is 1. The van der Waals surface area contributed by atoms with Crippen LogP contribution in [0.15, 0.2) is 0 Å². The third-order valence-electron chi connectivity index (χ3n) is 4.40. The van der Waals surface area contributed by atoms with Gasteiger partial charge < -0.3 is 10.6 Å². The van der Waals surface area contributed by atoms with E-state index in [2.05, 4.69) is 10.6 Å². The van der Waals surface area contributed by atoms with Crippen molar-refractivity contribution in [3.63, 3.8) is 0 Å². The number of hydrogen-bond acceptors (Lipinski definition) is 3.